The van der Waals surface area contributed by atoms with Crippen LogP contribution in [0.5, 0.6) is 0 Å². The van der Waals surface area contributed by atoms with Crippen molar-refractivity contribution in [2.24, 2.45) is 5.92 Å². The average molecular weight is 395 g/mol. The van der Waals surface area contributed by atoms with Gasteiger partial charge in [-0.15, -0.1) is 0 Å². The quantitative estimate of drug-likeness (QED) is 0.779. The molecule has 26 heavy (non-hydrogen) atoms. The number of anilines is 1. The first-order chi connectivity index (χ1) is 12.2. The third-order valence-corrected chi connectivity index (χ3v) is 5.81. The van der Waals surface area contributed by atoms with E-state index < -0.39 is 10.0 Å². The molecule has 0 bridgehead atoms. The van der Waals surface area contributed by atoms with Crippen LogP contribution >= 0.6 is 11.6 Å². The van der Waals surface area contributed by atoms with Crippen molar-refractivity contribution in [3.05, 3.63) is 59.1 Å². The lowest BCUT2D eigenvalue weighted by molar-refractivity contribution is -0.119. The second kappa shape index (κ2) is 8.56. The van der Waals surface area contributed by atoms with E-state index in [9.17, 15) is 13.2 Å². The molecule has 7 heteroatoms. The van der Waals surface area contributed by atoms with Gasteiger partial charge in [0.15, 0.2) is 0 Å². The van der Waals surface area contributed by atoms with Crippen molar-refractivity contribution in [2.45, 2.75) is 25.7 Å². The molecule has 0 radical (unpaired) electrons. The van der Waals surface area contributed by atoms with Gasteiger partial charge in [0.05, 0.1) is 10.6 Å². The highest BCUT2D eigenvalue weighted by atomic mass is 35.5. The van der Waals surface area contributed by atoms with E-state index in [-0.39, 0.29) is 23.3 Å². The lowest BCUT2D eigenvalue weighted by Gasteiger charge is -2.25. The summed E-state index contributed by atoms with van der Waals surface area (Å²) in [6, 6.07) is 13.0. The summed E-state index contributed by atoms with van der Waals surface area (Å²) in [5.74, 6) is -0.0711. The molecule has 0 unspecified atom stereocenters. The molecule has 5 nitrogen and oxygen atoms in total. The molecule has 0 aliphatic carbocycles. The molecule has 0 atom stereocenters. The number of sulfonamides is 1. The lowest BCUT2D eigenvalue weighted by atomic mass is 10.2. The number of halogens is 1. The molecule has 0 aliphatic heterocycles. The standard InChI is InChI=1S/C19H23ClN2O3S/c1-14(2)12-21-19(23)13-22(18-7-5-4-6-15(18)3)26(24,25)17-10-8-16(20)9-11-17/h4-11,14H,12-13H2,1-3H3,(H,21,23). The van der Waals surface area contributed by atoms with Crippen LogP contribution in [-0.2, 0) is 14.8 Å². The van der Waals surface area contributed by atoms with Gasteiger partial charge in [-0.1, -0.05) is 43.6 Å². The number of hydrogen-bond acceptors (Lipinski definition) is 3. The summed E-state index contributed by atoms with van der Waals surface area (Å²) < 4.78 is 27.5. The van der Waals surface area contributed by atoms with Crippen molar-refractivity contribution in [3.8, 4) is 0 Å². The van der Waals surface area contributed by atoms with Crippen molar-refractivity contribution in [1.29, 1.82) is 0 Å². The van der Waals surface area contributed by atoms with Crippen LogP contribution in [0.3, 0.4) is 0 Å². The third-order valence-electron chi connectivity index (χ3n) is 3.78. The first-order valence-corrected chi connectivity index (χ1v) is 10.1. The molecule has 0 saturated carbocycles. The zero-order chi connectivity index (χ0) is 19.3. The van der Waals surface area contributed by atoms with Gasteiger partial charge < -0.3 is 5.32 Å². The van der Waals surface area contributed by atoms with Crippen molar-refractivity contribution in [1.82, 2.24) is 5.32 Å². The second-order valence-corrected chi connectivity index (χ2v) is 8.75. The van der Waals surface area contributed by atoms with Crippen LogP contribution in [-0.4, -0.2) is 27.4 Å². The summed E-state index contributed by atoms with van der Waals surface area (Å²) in [5.41, 5.74) is 1.24. The van der Waals surface area contributed by atoms with Gasteiger partial charge in [-0.25, -0.2) is 8.42 Å². The number of nitrogens with zero attached hydrogens (tertiary/aromatic N) is 1. The monoisotopic (exact) mass is 394 g/mol. The van der Waals surface area contributed by atoms with E-state index in [1.165, 1.54) is 24.3 Å². The normalized spacial score (nSPS) is 11.4. The SMILES string of the molecule is Cc1ccccc1N(CC(=O)NCC(C)C)S(=O)(=O)c1ccc(Cl)cc1. The van der Waals surface area contributed by atoms with Crippen LogP contribution in [0.4, 0.5) is 5.69 Å². The van der Waals surface area contributed by atoms with Gasteiger partial charge in [0.2, 0.25) is 5.91 Å². The van der Waals surface area contributed by atoms with E-state index >= 15 is 0 Å². The fourth-order valence-corrected chi connectivity index (χ4v) is 3.99. The van der Waals surface area contributed by atoms with Gasteiger partial charge in [0.1, 0.15) is 6.54 Å². The number of nitrogens with one attached hydrogen (secondary N) is 1. The molecule has 0 heterocycles. The topological polar surface area (TPSA) is 66.5 Å². The highest BCUT2D eigenvalue weighted by molar-refractivity contribution is 7.92. The Morgan fingerprint density at radius 2 is 1.73 bits per heavy atom. The number of carbonyl (C=O) groups is 1. The predicted octanol–water partition coefficient (Wildman–Crippen LogP) is 3.62. The van der Waals surface area contributed by atoms with Crippen molar-refractivity contribution >= 4 is 33.2 Å². The molecule has 0 fully saturated rings. The Balaban J connectivity index is 2.41. The summed E-state index contributed by atoms with van der Waals surface area (Å²) in [7, 11) is -3.91. The molecular weight excluding hydrogens is 372 g/mol. The first-order valence-electron chi connectivity index (χ1n) is 8.32. The Bertz CT molecular complexity index is 865. The predicted molar refractivity (Wildman–Crippen MR) is 105 cm³/mol. The minimum atomic E-state index is -3.91. The fraction of sp³-hybridized carbons (Fsp3) is 0.316. The number of aryl methyl sites for hydroxylation is 1. The van der Waals surface area contributed by atoms with E-state index in [1.54, 1.807) is 12.1 Å². The van der Waals surface area contributed by atoms with Crippen LogP contribution in [0.15, 0.2) is 53.4 Å². The molecule has 0 spiro atoms. The number of benzene rings is 2. The van der Waals surface area contributed by atoms with E-state index in [4.69, 9.17) is 11.6 Å². The fourth-order valence-electron chi connectivity index (χ4n) is 2.38. The van der Waals surface area contributed by atoms with E-state index in [0.29, 0.717) is 17.3 Å². The van der Waals surface area contributed by atoms with Gasteiger partial charge in [-0.05, 0) is 48.7 Å². The molecule has 140 valence electrons. The number of hydrogen-bond donors (Lipinski definition) is 1. The maximum atomic E-state index is 13.2. The smallest absolute Gasteiger partial charge is 0.264 e. The van der Waals surface area contributed by atoms with Crippen LogP contribution in [0.1, 0.15) is 19.4 Å². The third kappa shape index (κ3) is 4.99. The second-order valence-electron chi connectivity index (χ2n) is 6.45. The highest BCUT2D eigenvalue weighted by Gasteiger charge is 2.28. The highest BCUT2D eigenvalue weighted by Crippen LogP contribution is 2.27. The molecule has 2 rings (SSSR count). The lowest BCUT2D eigenvalue weighted by Crippen LogP contribution is -2.42. The van der Waals surface area contributed by atoms with Crippen molar-refractivity contribution in [3.63, 3.8) is 0 Å². The number of rotatable bonds is 7. The summed E-state index contributed by atoms with van der Waals surface area (Å²) in [4.78, 5) is 12.4. The Labute approximate surface area is 160 Å². The first kappa shape index (κ1) is 20.3. The zero-order valence-corrected chi connectivity index (χ0v) is 16.6. The van der Waals surface area contributed by atoms with E-state index in [2.05, 4.69) is 5.32 Å². The van der Waals surface area contributed by atoms with Crippen LogP contribution < -0.4 is 9.62 Å². The van der Waals surface area contributed by atoms with Gasteiger partial charge in [-0.2, -0.15) is 0 Å². The van der Waals surface area contributed by atoms with Gasteiger partial charge in [-0.3, -0.25) is 9.10 Å². The van der Waals surface area contributed by atoms with E-state index in [0.717, 1.165) is 9.87 Å². The molecule has 0 aromatic heterocycles. The molecular formula is C19H23ClN2O3S. The van der Waals surface area contributed by atoms with E-state index in [1.807, 2.05) is 32.9 Å². The van der Waals surface area contributed by atoms with Gasteiger partial charge >= 0.3 is 0 Å². The largest absolute Gasteiger partial charge is 0.354 e. The number of amides is 1. The molecule has 0 saturated heterocycles. The maximum Gasteiger partial charge on any atom is 0.264 e. The summed E-state index contributed by atoms with van der Waals surface area (Å²) in [5, 5.41) is 3.21. The van der Waals surface area contributed by atoms with Crippen LogP contribution in [0.25, 0.3) is 0 Å². The zero-order valence-electron chi connectivity index (χ0n) is 15.1. The molecule has 1 N–H and O–H groups in total. The Morgan fingerprint density at radius 3 is 2.31 bits per heavy atom. The molecule has 0 aliphatic rings. The Kier molecular flexibility index (Phi) is 6.67. The minimum Gasteiger partial charge on any atom is -0.354 e. The molecule has 1 amide bonds. The maximum absolute atomic E-state index is 13.2. The number of carbonyl (C=O) groups excluding carboxylic acids is 1. The van der Waals surface area contributed by atoms with Crippen molar-refractivity contribution in [2.75, 3.05) is 17.4 Å². The van der Waals surface area contributed by atoms with Crippen LogP contribution in [0.2, 0.25) is 5.02 Å². The van der Waals surface area contributed by atoms with Crippen molar-refractivity contribution < 1.29 is 13.2 Å². The summed E-state index contributed by atoms with van der Waals surface area (Å²) in [6.07, 6.45) is 0. The summed E-state index contributed by atoms with van der Waals surface area (Å²) >= 11 is 5.87. The summed E-state index contributed by atoms with van der Waals surface area (Å²) in [6.45, 7) is 5.96. The molecule has 2 aromatic rings. The minimum absolute atomic E-state index is 0.0850. The van der Waals surface area contributed by atoms with Crippen LogP contribution in [0, 0.1) is 12.8 Å². The van der Waals surface area contributed by atoms with Gasteiger partial charge in [0, 0.05) is 11.6 Å². The van der Waals surface area contributed by atoms with Gasteiger partial charge in [0.25, 0.3) is 10.0 Å². The Hall–Kier alpha value is -2.05. The average Bonchev–Trinajstić information content (AvgIpc) is 2.59. The number of para-hydroxylation sites is 1. The Morgan fingerprint density at radius 1 is 1.12 bits per heavy atom. The molecule has 2 aromatic carbocycles.